The first kappa shape index (κ1) is 64.4. The van der Waals surface area contributed by atoms with Crippen molar-refractivity contribution >= 4 is 24.3 Å². The molecule has 8 rings (SSSR count). The Morgan fingerprint density at radius 1 is 0.644 bits per heavy atom. The van der Waals surface area contributed by atoms with Gasteiger partial charge in [-0.15, -0.1) is 12.4 Å². The van der Waals surface area contributed by atoms with Gasteiger partial charge in [0.1, 0.15) is 0 Å². The standard InChI is InChI=1S/C29H51NO4.C24H40O5.C5H13N.CH3F.CH4.ClH/c1-5-6-7-14-30-26(34)11-8-18(2)21-9-10-22-27-23(17-25(33)29(21,22)4)28(3)13-12-20(31)15-19(28)16-24(27)32;1-13(4-7-21(28)29)16-5-6-17-22-18(12-20(27)24(16,17)3)23(2)9-8-15(25)10-14(23)11-19(22)26;1-2-3-4-5-6;1-2;;/h18-25,27,31-33H,5-17H2,1-4H3,(H,30,34);13-20,22,25-27H,4-12H2,1-3H3,(H,28,29);2-6H2,1H3;1H3;1H4;1H/t18?,19-,20-,21?,22+,23?,24+,25?,27+,28?,29?;13?,14-,15-,16?,17+,18?,19+,20?,22+,23?,24?;;;;/m11..../s1/i;;;1D;;. The molecule has 13 heteroatoms. The van der Waals surface area contributed by atoms with E-state index in [2.05, 4.69) is 60.7 Å². The van der Waals surface area contributed by atoms with Crippen molar-refractivity contribution in [3.63, 3.8) is 0 Å². The highest BCUT2D eigenvalue weighted by Crippen LogP contribution is 2.70. The van der Waals surface area contributed by atoms with E-state index in [9.17, 15) is 44.6 Å². The third kappa shape index (κ3) is 13.8. The van der Waals surface area contributed by atoms with Crippen molar-refractivity contribution in [2.24, 2.45) is 98.4 Å². The molecule has 8 aliphatic carbocycles. The first-order chi connectivity index (χ1) is 34.0. The minimum absolute atomic E-state index is 0. The Balaban J connectivity index is 0.000000330. The van der Waals surface area contributed by atoms with Crippen molar-refractivity contribution in [2.45, 2.75) is 254 Å². The highest BCUT2D eigenvalue weighted by Gasteiger charge is 2.67. The fourth-order valence-corrected chi connectivity index (χ4v) is 18.5. The van der Waals surface area contributed by atoms with E-state index in [4.69, 9.17) is 12.2 Å². The lowest BCUT2D eigenvalue weighted by atomic mass is 9.43. The number of hydrogen-bond acceptors (Lipinski definition) is 9. The first-order valence-electron chi connectivity index (χ1n) is 29.9. The number of carbonyl (C=O) groups excluding carboxylic acids is 1. The number of carboxylic acid groups (broad SMARTS) is 1. The van der Waals surface area contributed by atoms with Gasteiger partial charge in [0.2, 0.25) is 5.91 Å². The topological polar surface area (TPSA) is 214 Å². The summed E-state index contributed by atoms with van der Waals surface area (Å²) in [5, 5.41) is 78.5. The third-order valence-electron chi connectivity index (χ3n) is 22.6. The van der Waals surface area contributed by atoms with Crippen LogP contribution in [0.15, 0.2) is 0 Å². The molecule has 8 aliphatic rings. The van der Waals surface area contributed by atoms with Crippen LogP contribution in [0.1, 0.15) is 218 Å². The number of fused-ring (bicyclic) bond motifs is 10. The molecule has 0 bridgehead atoms. The predicted molar refractivity (Wildman–Crippen MR) is 295 cm³/mol. The summed E-state index contributed by atoms with van der Waals surface area (Å²) >= 11 is 0. The molecule has 430 valence electrons. The highest BCUT2D eigenvalue weighted by molar-refractivity contribution is 5.85. The Kier molecular flexibility index (Phi) is 25.3. The maximum Gasteiger partial charge on any atom is 0.303 e. The molecule has 0 aromatic rings. The molecule has 0 aromatic carbocycles. The van der Waals surface area contributed by atoms with Crippen LogP contribution in [0, 0.1) is 92.7 Å². The average molecular weight is 1060 g/mol. The molecular weight excluding hydrogens is 947 g/mol. The Hall–Kier alpha value is -1.12. The molecule has 12 unspecified atom stereocenters. The van der Waals surface area contributed by atoms with Crippen molar-refractivity contribution in [1.29, 1.82) is 0 Å². The van der Waals surface area contributed by atoms with Crippen molar-refractivity contribution in [1.82, 2.24) is 5.32 Å². The second-order valence-corrected chi connectivity index (χ2v) is 26.0. The number of aliphatic hydroxyl groups is 6. The quantitative estimate of drug-likeness (QED) is 0.0708. The smallest absolute Gasteiger partial charge is 0.303 e. The lowest BCUT2D eigenvalue weighted by molar-refractivity contribution is -0.207. The van der Waals surface area contributed by atoms with Crippen molar-refractivity contribution in [3.05, 3.63) is 0 Å². The summed E-state index contributed by atoms with van der Waals surface area (Å²) < 4.78 is 15.5. The number of nitrogens with one attached hydrogen (secondary N) is 1. The van der Waals surface area contributed by atoms with Gasteiger partial charge in [0.15, 0.2) is 0 Å². The highest BCUT2D eigenvalue weighted by atomic mass is 35.5. The number of aliphatic carboxylic acids is 1. The monoisotopic (exact) mass is 1060 g/mol. The van der Waals surface area contributed by atoms with E-state index in [0.717, 1.165) is 129 Å². The number of nitrogens with two attached hydrogens (primary N) is 1. The second kappa shape index (κ2) is 28.7. The summed E-state index contributed by atoms with van der Waals surface area (Å²) in [6.45, 7) is 19.7. The van der Waals surface area contributed by atoms with Crippen LogP contribution < -0.4 is 11.1 Å². The van der Waals surface area contributed by atoms with Crippen LogP contribution in [-0.4, -0.2) is 104 Å². The Morgan fingerprint density at radius 3 is 1.44 bits per heavy atom. The number of alkyl halides is 1. The van der Waals surface area contributed by atoms with E-state index >= 15 is 0 Å². The SMILES string of the molecule is C.CC(CCC(=O)O)C1CC[C@H]2[C@H]3C(CC(O)C12C)C1(C)CC[C@@H](O)C[C@@H]1C[C@@H]3O.CCCCCN.CCCCCNC(=O)CCC(C)C1CC[C@H]2[C@H]3C(CC(O)C12C)C1(C)CC[C@@H](O)C[C@@H]1C[C@@H]3O.Cl.[2H]CF. The van der Waals surface area contributed by atoms with Gasteiger partial charge in [-0.25, -0.2) is 0 Å². The molecule has 11 nitrogen and oxygen atoms in total. The number of unbranched alkanes of at least 4 members (excludes halogenated alkanes) is 4. The van der Waals surface area contributed by atoms with Crippen molar-refractivity contribution in [2.75, 3.05) is 20.2 Å². The van der Waals surface area contributed by atoms with Gasteiger partial charge >= 0.3 is 5.97 Å². The molecule has 1 amide bonds. The zero-order valence-electron chi connectivity index (χ0n) is 47.3. The largest absolute Gasteiger partial charge is 0.481 e. The average Bonchev–Trinajstić information content (AvgIpc) is 3.89. The van der Waals surface area contributed by atoms with E-state index in [1.807, 2.05) is 0 Å². The van der Waals surface area contributed by atoms with Crippen LogP contribution in [0.3, 0.4) is 0 Å². The van der Waals surface area contributed by atoms with Crippen LogP contribution in [0.4, 0.5) is 4.39 Å². The summed E-state index contributed by atoms with van der Waals surface area (Å²) in [7, 11) is -1.00. The molecule has 0 heterocycles. The van der Waals surface area contributed by atoms with Crippen LogP contribution in [-0.2, 0) is 9.59 Å². The van der Waals surface area contributed by atoms with Gasteiger partial charge in [-0.05, 0) is 215 Å². The summed E-state index contributed by atoms with van der Waals surface area (Å²) in [6.07, 6.45) is 20.0. The van der Waals surface area contributed by atoms with Gasteiger partial charge in [0.25, 0.3) is 0 Å². The Morgan fingerprint density at radius 2 is 1.05 bits per heavy atom. The zero-order valence-corrected chi connectivity index (χ0v) is 47.1. The van der Waals surface area contributed by atoms with Crippen molar-refractivity contribution in [3.8, 4) is 0 Å². The summed E-state index contributed by atoms with van der Waals surface area (Å²) in [4.78, 5) is 23.4. The van der Waals surface area contributed by atoms with E-state index < -0.39 is 19.2 Å². The molecule has 0 aromatic heterocycles. The maximum atomic E-state index is 12.4. The lowest BCUT2D eigenvalue weighted by Crippen LogP contribution is -2.62. The van der Waals surface area contributed by atoms with Crippen LogP contribution >= 0.6 is 12.4 Å². The van der Waals surface area contributed by atoms with E-state index in [1.165, 1.54) is 19.3 Å². The van der Waals surface area contributed by atoms with Gasteiger partial charge in [0.05, 0.1) is 45.1 Å². The first-order valence-corrected chi connectivity index (χ1v) is 29.2. The van der Waals surface area contributed by atoms with Crippen LogP contribution in [0.2, 0.25) is 0 Å². The van der Waals surface area contributed by atoms with E-state index in [1.54, 1.807) is 0 Å². The number of carboxylic acids is 1. The van der Waals surface area contributed by atoms with E-state index in [-0.39, 0.29) is 102 Å². The molecule has 0 saturated heterocycles. The van der Waals surface area contributed by atoms with Crippen LogP contribution in [0.5, 0.6) is 0 Å². The Bertz CT molecular complexity index is 1690. The maximum absolute atomic E-state index is 12.4. The summed E-state index contributed by atoms with van der Waals surface area (Å²) in [6, 6.07) is 0. The van der Waals surface area contributed by atoms with Gasteiger partial charge in [-0.2, -0.15) is 0 Å². The number of hydrogen-bond donors (Lipinski definition) is 9. The fourth-order valence-electron chi connectivity index (χ4n) is 18.5. The fraction of sp³-hybridized carbons (Fsp3) is 0.967. The number of carbonyl (C=O) groups is 2. The molecule has 73 heavy (non-hydrogen) atoms. The van der Waals surface area contributed by atoms with Crippen molar-refractivity contribution < 1.29 is 51.1 Å². The molecular formula is C60H112ClFN2O9. The molecule has 10 N–H and O–H groups in total. The molecule has 22 atom stereocenters. The normalized spacial score (nSPS) is 43.8. The van der Waals surface area contributed by atoms with E-state index in [0.29, 0.717) is 66.1 Å². The third-order valence-corrected chi connectivity index (χ3v) is 22.6. The number of halogens is 2. The molecule has 8 fully saturated rings. The molecule has 0 radical (unpaired) electrons. The second-order valence-electron chi connectivity index (χ2n) is 26.0. The van der Waals surface area contributed by atoms with Crippen LogP contribution in [0.25, 0.3) is 0 Å². The minimum Gasteiger partial charge on any atom is -0.481 e. The number of aliphatic hydroxyl groups excluding tert-OH is 6. The van der Waals surface area contributed by atoms with Gasteiger partial charge in [-0.1, -0.05) is 88.5 Å². The molecule has 0 spiro atoms. The zero-order chi connectivity index (χ0) is 53.3. The lowest BCUT2D eigenvalue weighted by Gasteiger charge is -2.63. The molecule has 8 saturated carbocycles. The van der Waals surface area contributed by atoms with Gasteiger partial charge in [-0.3, -0.25) is 14.0 Å². The van der Waals surface area contributed by atoms with Gasteiger partial charge in [0, 0.05) is 19.4 Å². The van der Waals surface area contributed by atoms with Gasteiger partial charge < -0.3 is 46.8 Å². The predicted octanol–water partition coefficient (Wildman–Crippen LogP) is 10.9. The summed E-state index contributed by atoms with van der Waals surface area (Å²) in [5.74, 6) is 3.23. The summed E-state index contributed by atoms with van der Waals surface area (Å²) in [5.41, 5.74) is 5.00. The Labute approximate surface area is 451 Å². The minimum atomic E-state index is -1.00. The number of rotatable bonds is 15. The molecule has 0 aliphatic heterocycles. The number of amides is 1.